The van der Waals surface area contributed by atoms with Gasteiger partial charge < -0.3 is 14.0 Å². The fraction of sp³-hybridized carbons (Fsp3) is 0.121. The lowest BCUT2D eigenvalue weighted by Gasteiger charge is -2.14. The van der Waals surface area contributed by atoms with Crippen molar-refractivity contribution in [2.75, 3.05) is 0 Å². The zero-order valence-corrected chi connectivity index (χ0v) is 21.2. The highest BCUT2D eigenvalue weighted by Gasteiger charge is 2.29. The van der Waals surface area contributed by atoms with E-state index in [-0.39, 0.29) is 19.6 Å². The van der Waals surface area contributed by atoms with E-state index >= 15 is 0 Å². The molecule has 0 saturated heterocycles. The molecule has 0 spiro atoms. The SMILES string of the molecule is O=C(OCc1ccccc1)C(C/C=C/c1noc2c(-c3ccccc3)cccc12)C(=O)OCc1ccccc1. The summed E-state index contributed by atoms with van der Waals surface area (Å²) in [6, 6.07) is 34.4. The molecule has 0 saturated carbocycles. The van der Waals surface area contributed by atoms with Crippen LogP contribution in [0.25, 0.3) is 28.2 Å². The summed E-state index contributed by atoms with van der Waals surface area (Å²) < 4.78 is 16.6. The van der Waals surface area contributed by atoms with Gasteiger partial charge in [-0.1, -0.05) is 114 Å². The summed E-state index contributed by atoms with van der Waals surface area (Å²) in [6.07, 6.45) is 3.57. The maximum Gasteiger partial charge on any atom is 0.320 e. The Morgan fingerprint density at radius 2 is 1.28 bits per heavy atom. The molecule has 1 aromatic heterocycles. The second-order valence-corrected chi connectivity index (χ2v) is 8.99. The minimum absolute atomic E-state index is 0.0715. The van der Waals surface area contributed by atoms with Crippen molar-refractivity contribution in [1.29, 1.82) is 0 Å². The van der Waals surface area contributed by atoms with Gasteiger partial charge in [-0.2, -0.15) is 0 Å². The van der Waals surface area contributed by atoms with Gasteiger partial charge in [0.2, 0.25) is 0 Å². The predicted octanol–water partition coefficient (Wildman–Crippen LogP) is 7.00. The third kappa shape index (κ3) is 6.48. The van der Waals surface area contributed by atoms with Crippen LogP contribution in [0.1, 0.15) is 23.2 Å². The summed E-state index contributed by atoms with van der Waals surface area (Å²) in [5.74, 6) is -2.40. The van der Waals surface area contributed by atoms with Gasteiger partial charge in [-0.05, 0) is 35.3 Å². The van der Waals surface area contributed by atoms with Crippen molar-refractivity contribution < 1.29 is 23.6 Å². The number of nitrogens with zero attached hydrogens (tertiary/aromatic N) is 1. The van der Waals surface area contributed by atoms with Gasteiger partial charge in [-0.3, -0.25) is 9.59 Å². The molecule has 194 valence electrons. The monoisotopic (exact) mass is 517 g/mol. The molecular weight excluding hydrogens is 490 g/mol. The van der Waals surface area contributed by atoms with Gasteiger partial charge in [0.25, 0.3) is 0 Å². The molecule has 5 aromatic rings. The summed E-state index contributed by atoms with van der Waals surface area (Å²) in [4.78, 5) is 26.0. The van der Waals surface area contributed by atoms with Gasteiger partial charge in [-0.25, -0.2) is 0 Å². The van der Waals surface area contributed by atoms with E-state index in [1.165, 1.54) is 0 Å². The molecular formula is C33H27NO5. The number of benzene rings is 4. The molecule has 0 N–H and O–H groups in total. The van der Waals surface area contributed by atoms with E-state index in [0.29, 0.717) is 11.3 Å². The van der Waals surface area contributed by atoms with Gasteiger partial charge in [0, 0.05) is 10.9 Å². The first-order valence-electron chi connectivity index (χ1n) is 12.7. The molecule has 0 amide bonds. The number of aromatic nitrogens is 1. The zero-order chi connectivity index (χ0) is 26.9. The van der Waals surface area contributed by atoms with Crippen molar-refractivity contribution in [2.24, 2.45) is 5.92 Å². The van der Waals surface area contributed by atoms with Crippen LogP contribution in [0.3, 0.4) is 0 Å². The normalized spacial score (nSPS) is 11.2. The van der Waals surface area contributed by atoms with Crippen LogP contribution in [-0.4, -0.2) is 17.1 Å². The number of carbonyl (C=O) groups excluding carboxylic acids is 2. The van der Waals surface area contributed by atoms with Crippen LogP contribution < -0.4 is 0 Å². The first-order chi connectivity index (χ1) is 19.2. The summed E-state index contributed by atoms with van der Waals surface area (Å²) in [6.45, 7) is 0.143. The van der Waals surface area contributed by atoms with E-state index in [1.807, 2.05) is 109 Å². The molecule has 0 fully saturated rings. The van der Waals surface area contributed by atoms with E-state index in [1.54, 1.807) is 12.2 Å². The second kappa shape index (κ2) is 12.5. The maximum atomic E-state index is 13.0. The Labute approximate surface area is 226 Å². The van der Waals surface area contributed by atoms with E-state index in [9.17, 15) is 9.59 Å². The van der Waals surface area contributed by atoms with Gasteiger partial charge in [0.15, 0.2) is 11.5 Å². The Bertz CT molecular complexity index is 1500. The number of para-hydroxylation sites is 1. The lowest BCUT2D eigenvalue weighted by Crippen LogP contribution is -2.27. The van der Waals surface area contributed by atoms with Crippen LogP contribution in [0.5, 0.6) is 0 Å². The highest BCUT2D eigenvalue weighted by Crippen LogP contribution is 2.31. The van der Waals surface area contributed by atoms with Crippen molar-refractivity contribution in [1.82, 2.24) is 5.16 Å². The van der Waals surface area contributed by atoms with E-state index in [2.05, 4.69) is 5.16 Å². The molecule has 0 aliphatic carbocycles. The predicted molar refractivity (Wildman–Crippen MR) is 149 cm³/mol. The molecule has 0 aliphatic rings. The van der Waals surface area contributed by atoms with Gasteiger partial charge in [-0.15, -0.1) is 0 Å². The smallest absolute Gasteiger partial charge is 0.320 e. The molecule has 0 aliphatic heterocycles. The Morgan fingerprint density at radius 1 is 0.718 bits per heavy atom. The van der Waals surface area contributed by atoms with Crippen molar-refractivity contribution in [3.8, 4) is 11.1 Å². The molecule has 39 heavy (non-hydrogen) atoms. The highest BCUT2D eigenvalue weighted by atomic mass is 16.6. The minimum atomic E-state index is -1.12. The van der Waals surface area contributed by atoms with E-state index in [4.69, 9.17) is 14.0 Å². The average Bonchev–Trinajstić information content (AvgIpc) is 3.41. The minimum Gasteiger partial charge on any atom is -0.460 e. The molecule has 1 heterocycles. The molecule has 0 unspecified atom stereocenters. The number of fused-ring (bicyclic) bond motifs is 1. The largest absolute Gasteiger partial charge is 0.460 e. The summed E-state index contributed by atoms with van der Waals surface area (Å²) in [5.41, 5.74) is 4.91. The van der Waals surface area contributed by atoms with Crippen LogP contribution in [0.4, 0.5) is 0 Å². The number of carbonyl (C=O) groups is 2. The zero-order valence-electron chi connectivity index (χ0n) is 21.2. The van der Waals surface area contributed by atoms with Crippen LogP contribution >= 0.6 is 0 Å². The Balaban J connectivity index is 1.32. The van der Waals surface area contributed by atoms with Gasteiger partial charge in [0.05, 0.1) is 0 Å². The third-order valence-corrected chi connectivity index (χ3v) is 6.28. The maximum absolute atomic E-state index is 13.0. The molecule has 6 nitrogen and oxygen atoms in total. The summed E-state index contributed by atoms with van der Waals surface area (Å²) in [5, 5.41) is 5.06. The Hall–Kier alpha value is -4.97. The fourth-order valence-corrected chi connectivity index (χ4v) is 4.21. The third-order valence-electron chi connectivity index (χ3n) is 6.28. The van der Waals surface area contributed by atoms with Crippen LogP contribution in [-0.2, 0) is 32.3 Å². The van der Waals surface area contributed by atoms with Gasteiger partial charge in [0.1, 0.15) is 18.9 Å². The molecule has 5 rings (SSSR count). The number of allylic oxidation sites excluding steroid dienone is 1. The van der Waals surface area contributed by atoms with Crippen molar-refractivity contribution in [2.45, 2.75) is 19.6 Å². The first-order valence-corrected chi connectivity index (χ1v) is 12.7. The molecule has 6 heteroatoms. The fourth-order valence-electron chi connectivity index (χ4n) is 4.21. The number of esters is 2. The van der Waals surface area contributed by atoms with Crippen molar-refractivity contribution in [3.63, 3.8) is 0 Å². The molecule has 4 aromatic carbocycles. The number of rotatable bonds is 10. The lowest BCUT2D eigenvalue weighted by molar-refractivity contribution is -0.163. The quantitative estimate of drug-likeness (QED) is 0.147. The van der Waals surface area contributed by atoms with E-state index < -0.39 is 17.9 Å². The Kier molecular flexibility index (Phi) is 8.24. The van der Waals surface area contributed by atoms with Gasteiger partial charge >= 0.3 is 11.9 Å². The number of hydrogen-bond acceptors (Lipinski definition) is 6. The molecule has 0 atom stereocenters. The van der Waals surface area contributed by atoms with E-state index in [0.717, 1.165) is 27.6 Å². The van der Waals surface area contributed by atoms with Crippen LogP contribution in [0.15, 0.2) is 120 Å². The van der Waals surface area contributed by atoms with Crippen molar-refractivity contribution >= 4 is 29.0 Å². The lowest BCUT2D eigenvalue weighted by atomic mass is 10.0. The van der Waals surface area contributed by atoms with Crippen molar-refractivity contribution in [3.05, 3.63) is 132 Å². The standard InChI is InChI=1S/C33H27NO5/c35-32(37-22-24-12-4-1-5-13-24)29(33(36)38-23-25-14-6-2-7-15-25)20-11-21-30-28-19-10-18-27(31(28)39-34-30)26-16-8-3-9-17-26/h1-19,21,29H,20,22-23H2/b21-11+. The Morgan fingerprint density at radius 3 is 1.87 bits per heavy atom. The average molecular weight is 518 g/mol. The first kappa shape index (κ1) is 25.7. The molecule has 0 radical (unpaired) electrons. The molecule has 0 bridgehead atoms. The summed E-state index contributed by atoms with van der Waals surface area (Å²) >= 11 is 0. The number of hydrogen-bond donors (Lipinski definition) is 0. The summed E-state index contributed by atoms with van der Waals surface area (Å²) in [7, 11) is 0. The topological polar surface area (TPSA) is 78.6 Å². The number of ether oxygens (including phenoxy) is 2. The van der Waals surface area contributed by atoms with Crippen LogP contribution in [0.2, 0.25) is 0 Å². The second-order valence-electron chi connectivity index (χ2n) is 8.99. The van der Waals surface area contributed by atoms with Crippen LogP contribution in [0, 0.1) is 5.92 Å². The highest BCUT2D eigenvalue weighted by molar-refractivity contribution is 5.97.